The fourth-order valence-electron chi connectivity index (χ4n) is 1.87. The zero-order chi connectivity index (χ0) is 15.4. The van der Waals surface area contributed by atoms with Crippen LogP contribution in [0.2, 0.25) is 0 Å². The summed E-state index contributed by atoms with van der Waals surface area (Å²) in [5, 5.41) is 9.94. The third kappa shape index (κ3) is 3.96. The highest BCUT2D eigenvalue weighted by molar-refractivity contribution is 5.74. The van der Waals surface area contributed by atoms with E-state index < -0.39 is 30.3 Å². The van der Waals surface area contributed by atoms with Gasteiger partial charge in [-0.05, 0) is 17.7 Å². The van der Waals surface area contributed by atoms with E-state index in [1.165, 1.54) is 6.07 Å². The molecule has 0 amide bonds. The predicted molar refractivity (Wildman–Crippen MR) is 71.6 cm³/mol. The van der Waals surface area contributed by atoms with Crippen molar-refractivity contribution in [2.45, 2.75) is 19.0 Å². The molecular weight excluding hydrogens is 286 g/mol. The van der Waals surface area contributed by atoms with Crippen molar-refractivity contribution in [1.82, 2.24) is 9.97 Å². The molecule has 1 aromatic carbocycles. The molecule has 8 heteroatoms. The number of fused-ring (bicyclic) bond motifs is 1. The molecule has 0 aliphatic carbocycles. The highest BCUT2D eigenvalue weighted by atomic mass is 19.3. The summed E-state index contributed by atoms with van der Waals surface area (Å²) in [5.41, 5.74) is -0.231. The molecule has 0 saturated heterocycles. The number of hydrogen-bond acceptors (Lipinski definition) is 4. The van der Waals surface area contributed by atoms with E-state index >= 15 is 0 Å². The van der Waals surface area contributed by atoms with E-state index in [0.29, 0.717) is 16.6 Å². The Labute approximate surface area is 117 Å². The Morgan fingerprint density at radius 2 is 1.81 bits per heavy atom. The van der Waals surface area contributed by atoms with Gasteiger partial charge in [0.05, 0.1) is 17.1 Å². The molecule has 0 bridgehead atoms. The number of nitrogens with one attached hydrogen (secondary N) is 2. The van der Waals surface area contributed by atoms with Crippen molar-refractivity contribution in [3.05, 3.63) is 44.5 Å². The van der Waals surface area contributed by atoms with Crippen molar-refractivity contribution in [3.8, 4) is 0 Å². The molecule has 0 aliphatic rings. The van der Waals surface area contributed by atoms with Gasteiger partial charge in [0.2, 0.25) is 0 Å². The van der Waals surface area contributed by atoms with Gasteiger partial charge in [-0.1, -0.05) is 6.07 Å². The minimum absolute atomic E-state index is 0.00825. The van der Waals surface area contributed by atoms with Gasteiger partial charge < -0.3 is 19.8 Å². The molecule has 0 aliphatic heterocycles. The SMILES string of the molecule is O=c1[nH]c2ccc(C(O)CCOCC(F)F)cc2[nH]c1=O. The first-order valence-electron chi connectivity index (χ1n) is 6.27. The third-order valence-corrected chi connectivity index (χ3v) is 2.91. The summed E-state index contributed by atoms with van der Waals surface area (Å²) >= 11 is 0. The van der Waals surface area contributed by atoms with Crippen molar-refractivity contribution in [2.75, 3.05) is 13.2 Å². The van der Waals surface area contributed by atoms with Gasteiger partial charge in [-0.25, -0.2) is 8.78 Å². The lowest BCUT2D eigenvalue weighted by molar-refractivity contribution is 0.00482. The standard InChI is InChI=1S/C13H14F2N2O4/c14-11(15)6-21-4-3-10(18)7-1-2-8-9(5-7)17-13(20)12(19)16-8/h1-2,5,10-11,18H,3-4,6H2,(H,16,19)(H,17,20). The van der Waals surface area contributed by atoms with Gasteiger partial charge in [-0.2, -0.15) is 0 Å². The summed E-state index contributed by atoms with van der Waals surface area (Å²) < 4.78 is 28.4. The molecule has 1 aromatic heterocycles. The van der Waals surface area contributed by atoms with Gasteiger partial charge in [0.15, 0.2) is 0 Å². The second-order valence-electron chi connectivity index (χ2n) is 4.48. The lowest BCUT2D eigenvalue weighted by atomic mass is 10.1. The average Bonchev–Trinajstić information content (AvgIpc) is 2.44. The number of aliphatic hydroxyl groups is 1. The largest absolute Gasteiger partial charge is 0.388 e. The highest BCUT2D eigenvalue weighted by Crippen LogP contribution is 2.19. The van der Waals surface area contributed by atoms with E-state index in [2.05, 4.69) is 9.97 Å². The maximum absolute atomic E-state index is 11.9. The van der Waals surface area contributed by atoms with Gasteiger partial charge in [0, 0.05) is 13.0 Å². The Morgan fingerprint density at radius 1 is 1.14 bits per heavy atom. The first-order valence-corrected chi connectivity index (χ1v) is 6.27. The number of aromatic amines is 2. The molecule has 1 unspecified atom stereocenters. The van der Waals surface area contributed by atoms with Crippen LogP contribution in [-0.2, 0) is 4.74 Å². The topological polar surface area (TPSA) is 95.2 Å². The lowest BCUT2D eigenvalue weighted by Gasteiger charge is -2.12. The van der Waals surface area contributed by atoms with Gasteiger partial charge >= 0.3 is 11.1 Å². The number of hydrogen-bond donors (Lipinski definition) is 3. The first-order chi connectivity index (χ1) is 9.97. The minimum Gasteiger partial charge on any atom is -0.388 e. The van der Waals surface area contributed by atoms with Crippen LogP contribution >= 0.6 is 0 Å². The van der Waals surface area contributed by atoms with E-state index in [1.807, 2.05) is 0 Å². The number of aromatic nitrogens is 2. The average molecular weight is 300 g/mol. The maximum Gasteiger partial charge on any atom is 0.314 e. The number of rotatable bonds is 6. The van der Waals surface area contributed by atoms with Crippen LogP contribution in [0.1, 0.15) is 18.1 Å². The summed E-state index contributed by atoms with van der Waals surface area (Å²) in [6, 6.07) is 4.64. The Hall–Kier alpha value is -2.06. The van der Waals surface area contributed by atoms with Crippen LogP contribution in [0.25, 0.3) is 11.0 Å². The van der Waals surface area contributed by atoms with E-state index in [9.17, 15) is 23.5 Å². The van der Waals surface area contributed by atoms with Crippen LogP contribution in [0.4, 0.5) is 8.78 Å². The van der Waals surface area contributed by atoms with Crippen LogP contribution in [-0.4, -0.2) is 34.7 Å². The van der Waals surface area contributed by atoms with Gasteiger partial charge in [0.25, 0.3) is 6.43 Å². The normalized spacial score (nSPS) is 13.0. The van der Waals surface area contributed by atoms with Crippen molar-refractivity contribution < 1.29 is 18.6 Å². The lowest BCUT2D eigenvalue weighted by Crippen LogP contribution is -2.28. The molecule has 3 N–H and O–H groups in total. The first kappa shape index (κ1) is 15.3. The van der Waals surface area contributed by atoms with Crippen molar-refractivity contribution in [2.24, 2.45) is 0 Å². The molecule has 0 saturated carbocycles. The van der Waals surface area contributed by atoms with Crippen molar-refractivity contribution in [3.63, 3.8) is 0 Å². The highest BCUT2D eigenvalue weighted by Gasteiger charge is 2.10. The Balaban J connectivity index is 2.09. The molecule has 0 radical (unpaired) electrons. The summed E-state index contributed by atoms with van der Waals surface area (Å²) in [6.07, 6.45) is -3.31. The third-order valence-electron chi connectivity index (χ3n) is 2.91. The number of H-pyrrole nitrogens is 2. The molecule has 114 valence electrons. The van der Waals surface area contributed by atoms with E-state index in [4.69, 9.17) is 4.74 Å². The zero-order valence-electron chi connectivity index (χ0n) is 10.9. The molecule has 2 aromatic rings. The van der Waals surface area contributed by atoms with E-state index in [1.54, 1.807) is 12.1 Å². The molecule has 0 fully saturated rings. The van der Waals surface area contributed by atoms with Gasteiger partial charge in [-0.3, -0.25) is 9.59 Å². The van der Waals surface area contributed by atoms with Crippen LogP contribution < -0.4 is 11.1 Å². The summed E-state index contributed by atoms with van der Waals surface area (Å²) in [7, 11) is 0. The Bertz CT molecular complexity index is 726. The smallest absolute Gasteiger partial charge is 0.314 e. The molecule has 21 heavy (non-hydrogen) atoms. The number of benzene rings is 1. The van der Waals surface area contributed by atoms with Crippen LogP contribution in [0, 0.1) is 0 Å². The quantitative estimate of drug-likeness (QED) is 0.546. The van der Waals surface area contributed by atoms with Crippen LogP contribution in [0.3, 0.4) is 0 Å². The van der Waals surface area contributed by atoms with Crippen molar-refractivity contribution in [1.29, 1.82) is 0 Å². The predicted octanol–water partition coefficient (Wildman–Crippen LogP) is 0.922. The fraction of sp³-hybridized carbons (Fsp3) is 0.385. The summed E-state index contributed by atoms with van der Waals surface area (Å²) in [4.78, 5) is 27.2. The second kappa shape index (κ2) is 6.59. The Morgan fingerprint density at radius 3 is 2.48 bits per heavy atom. The number of halogens is 2. The minimum atomic E-state index is -2.54. The molecule has 1 atom stereocenters. The number of alkyl halides is 2. The summed E-state index contributed by atoms with van der Waals surface area (Å²) in [5.74, 6) is 0. The Kier molecular flexibility index (Phi) is 4.81. The molecule has 1 heterocycles. The van der Waals surface area contributed by atoms with E-state index in [0.717, 1.165) is 0 Å². The molecule has 0 spiro atoms. The number of ether oxygens (including phenoxy) is 1. The zero-order valence-corrected chi connectivity index (χ0v) is 10.9. The maximum atomic E-state index is 11.9. The molecular formula is C13H14F2N2O4. The van der Waals surface area contributed by atoms with Crippen LogP contribution in [0.15, 0.2) is 27.8 Å². The van der Waals surface area contributed by atoms with Gasteiger partial charge in [-0.15, -0.1) is 0 Å². The number of aliphatic hydroxyl groups excluding tert-OH is 1. The van der Waals surface area contributed by atoms with E-state index in [-0.39, 0.29) is 13.0 Å². The molecule has 6 nitrogen and oxygen atoms in total. The monoisotopic (exact) mass is 300 g/mol. The van der Waals surface area contributed by atoms with Gasteiger partial charge in [0.1, 0.15) is 6.61 Å². The molecule has 2 rings (SSSR count). The van der Waals surface area contributed by atoms with Crippen LogP contribution in [0.5, 0.6) is 0 Å². The second-order valence-corrected chi connectivity index (χ2v) is 4.48. The summed E-state index contributed by atoms with van der Waals surface area (Å²) in [6.45, 7) is -0.676. The fourth-order valence-corrected chi connectivity index (χ4v) is 1.87. The van der Waals surface area contributed by atoms with Crippen molar-refractivity contribution >= 4 is 11.0 Å².